The fourth-order valence-electron chi connectivity index (χ4n) is 2.73. The zero-order valence-electron chi connectivity index (χ0n) is 15.3. The second-order valence-electron chi connectivity index (χ2n) is 5.98. The van der Waals surface area contributed by atoms with E-state index in [0.29, 0.717) is 16.1 Å². The molecule has 0 bridgehead atoms. The molecule has 0 spiro atoms. The number of aromatic amines is 1. The van der Waals surface area contributed by atoms with Gasteiger partial charge in [0.2, 0.25) is 5.16 Å². The van der Waals surface area contributed by atoms with E-state index in [0.717, 1.165) is 33.6 Å². The minimum atomic E-state index is 0.518. The Hall–Kier alpha value is -2.22. The molecule has 28 heavy (non-hydrogen) atoms. The van der Waals surface area contributed by atoms with Crippen molar-refractivity contribution in [3.05, 3.63) is 59.2 Å². The van der Waals surface area contributed by atoms with Gasteiger partial charge in [0, 0.05) is 27.2 Å². The van der Waals surface area contributed by atoms with E-state index in [1.54, 1.807) is 18.9 Å². The number of methoxy groups -OCH3 is 1. The Balaban J connectivity index is 1.50. The van der Waals surface area contributed by atoms with Crippen LogP contribution in [0.3, 0.4) is 0 Å². The van der Waals surface area contributed by atoms with Crippen molar-refractivity contribution in [2.75, 3.05) is 13.4 Å². The molecule has 0 saturated heterocycles. The van der Waals surface area contributed by atoms with Crippen molar-refractivity contribution in [1.29, 1.82) is 0 Å². The highest BCUT2D eigenvalue weighted by Gasteiger charge is 2.10. The highest BCUT2D eigenvalue weighted by molar-refractivity contribution is 7.98. The Morgan fingerprint density at radius 1 is 1.07 bits per heavy atom. The van der Waals surface area contributed by atoms with Crippen molar-refractivity contribution in [3.8, 4) is 17.1 Å². The van der Waals surface area contributed by atoms with Crippen molar-refractivity contribution in [2.24, 2.45) is 0 Å². The number of fused-ring (bicyclic) bond motifs is 1. The lowest BCUT2D eigenvalue weighted by Crippen LogP contribution is -1.90. The third-order valence-corrected chi connectivity index (χ3v) is 6.18. The van der Waals surface area contributed by atoms with Gasteiger partial charge in [0.15, 0.2) is 5.82 Å². The van der Waals surface area contributed by atoms with Crippen LogP contribution in [0, 0.1) is 0 Å². The number of hydrogen-bond donors (Lipinski definition) is 1. The fourth-order valence-corrected chi connectivity index (χ4v) is 4.22. The topological polar surface area (TPSA) is 63.7 Å². The summed E-state index contributed by atoms with van der Waals surface area (Å²) in [4.78, 5) is 10.3. The third kappa shape index (κ3) is 4.11. The monoisotopic (exact) mass is 428 g/mol. The van der Waals surface area contributed by atoms with Gasteiger partial charge in [-0.3, -0.25) is 5.10 Å². The number of pyridine rings is 1. The molecule has 0 unspecified atom stereocenters. The number of nitrogens with zero attached hydrogens (tertiary/aromatic N) is 3. The van der Waals surface area contributed by atoms with Gasteiger partial charge in [-0.25, -0.2) is 9.97 Å². The highest BCUT2D eigenvalue weighted by atomic mass is 35.5. The average molecular weight is 429 g/mol. The zero-order chi connectivity index (χ0) is 19.5. The summed E-state index contributed by atoms with van der Waals surface area (Å²) >= 11 is 9.61. The largest absolute Gasteiger partial charge is 0.497 e. The normalized spacial score (nSPS) is 11.1. The summed E-state index contributed by atoms with van der Waals surface area (Å²) in [6.45, 7) is 0. The number of aromatic nitrogens is 4. The van der Waals surface area contributed by atoms with E-state index < -0.39 is 0 Å². The van der Waals surface area contributed by atoms with Crippen LogP contribution in [0.1, 0.15) is 5.56 Å². The van der Waals surface area contributed by atoms with Crippen molar-refractivity contribution < 1.29 is 4.74 Å². The second kappa shape index (κ2) is 8.43. The van der Waals surface area contributed by atoms with Crippen LogP contribution in [-0.4, -0.2) is 33.5 Å². The summed E-state index contributed by atoms with van der Waals surface area (Å²) in [5.41, 5.74) is 2.83. The molecular formula is C20H17ClN4OS2. The number of halogens is 1. The Kier molecular flexibility index (Phi) is 5.75. The van der Waals surface area contributed by atoms with Crippen LogP contribution < -0.4 is 4.74 Å². The molecule has 0 amide bonds. The number of benzene rings is 2. The molecule has 142 valence electrons. The number of H-pyrrole nitrogens is 1. The first-order valence-corrected chi connectivity index (χ1v) is 11.1. The number of nitrogens with one attached hydrogen (secondary N) is 1. The molecule has 1 N–H and O–H groups in total. The van der Waals surface area contributed by atoms with Crippen LogP contribution in [0.15, 0.2) is 58.6 Å². The molecule has 0 aliphatic heterocycles. The molecule has 0 radical (unpaired) electrons. The first-order chi connectivity index (χ1) is 13.7. The molecule has 2 heterocycles. The van der Waals surface area contributed by atoms with Gasteiger partial charge in [-0.2, -0.15) is 0 Å². The molecule has 0 aliphatic carbocycles. The molecule has 4 rings (SSSR count). The maximum atomic E-state index is 6.40. The molecule has 5 nitrogen and oxygen atoms in total. The summed E-state index contributed by atoms with van der Waals surface area (Å²) in [6.07, 6.45) is 2.05. The number of thioether (sulfide) groups is 2. The summed E-state index contributed by atoms with van der Waals surface area (Å²) in [7, 11) is 1.65. The van der Waals surface area contributed by atoms with Gasteiger partial charge in [-0.1, -0.05) is 29.4 Å². The maximum absolute atomic E-state index is 6.40. The van der Waals surface area contributed by atoms with Gasteiger partial charge in [0.25, 0.3) is 0 Å². The maximum Gasteiger partial charge on any atom is 0.209 e. The Morgan fingerprint density at radius 2 is 1.89 bits per heavy atom. The number of ether oxygens (including phenoxy) is 1. The van der Waals surface area contributed by atoms with Crippen LogP contribution in [0.4, 0.5) is 0 Å². The van der Waals surface area contributed by atoms with Crippen molar-refractivity contribution >= 4 is 46.0 Å². The molecule has 2 aromatic carbocycles. The summed E-state index contributed by atoms with van der Waals surface area (Å²) in [5.74, 6) is 2.17. The minimum Gasteiger partial charge on any atom is -0.497 e. The van der Waals surface area contributed by atoms with Crippen molar-refractivity contribution in [3.63, 3.8) is 0 Å². The molecule has 0 fully saturated rings. The summed E-state index contributed by atoms with van der Waals surface area (Å²) in [5, 5.41) is 9.53. The van der Waals surface area contributed by atoms with E-state index in [-0.39, 0.29) is 0 Å². The van der Waals surface area contributed by atoms with Crippen LogP contribution in [-0.2, 0) is 5.75 Å². The van der Waals surface area contributed by atoms with Crippen molar-refractivity contribution in [2.45, 2.75) is 15.8 Å². The molecule has 8 heteroatoms. The predicted octanol–water partition coefficient (Wildman–Crippen LogP) is 5.70. The average Bonchev–Trinajstić information content (AvgIpc) is 3.21. The first-order valence-electron chi connectivity index (χ1n) is 8.49. The van der Waals surface area contributed by atoms with Gasteiger partial charge >= 0.3 is 0 Å². The molecule has 4 aromatic rings. The smallest absolute Gasteiger partial charge is 0.209 e. The summed E-state index contributed by atoms with van der Waals surface area (Å²) < 4.78 is 5.18. The molecule has 0 saturated carbocycles. The predicted molar refractivity (Wildman–Crippen MR) is 116 cm³/mol. The summed E-state index contributed by atoms with van der Waals surface area (Å²) in [6, 6.07) is 16.0. The van der Waals surface area contributed by atoms with E-state index in [1.165, 1.54) is 16.7 Å². The standard InChI is InChI=1S/C20H17ClN4OS2/c1-26-15-6-3-12(4-7-15)19-23-20(25-24-19)28-11-14-9-13-5-8-16(27-2)10-17(13)22-18(14)21/h3-10H,11H2,1-2H3,(H,23,24,25). The molecule has 0 atom stereocenters. The van der Waals surface area contributed by atoms with Crippen LogP contribution in [0.2, 0.25) is 5.15 Å². The fraction of sp³-hybridized carbons (Fsp3) is 0.150. The van der Waals surface area contributed by atoms with Gasteiger partial charge in [0.1, 0.15) is 10.9 Å². The molecular weight excluding hydrogens is 412 g/mol. The van der Waals surface area contributed by atoms with E-state index in [4.69, 9.17) is 16.3 Å². The van der Waals surface area contributed by atoms with Gasteiger partial charge in [-0.05, 0) is 48.7 Å². The van der Waals surface area contributed by atoms with Crippen LogP contribution in [0.25, 0.3) is 22.3 Å². The SMILES string of the molecule is COc1ccc(-c2nc(SCc3cc4ccc(SC)cc4nc3Cl)n[nH]2)cc1. The van der Waals surface area contributed by atoms with Crippen LogP contribution >= 0.6 is 35.1 Å². The lowest BCUT2D eigenvalue weighted by Gasteiger charge is -2.06. The van der Waals surface area contributed by atoms with Gasteiger partial charge < -0.3 is 4.74 Å². The van der Waals surface area contributed by atoms with E-state index in [2.05, 4.69) is 44.4 Å². The van der Waals surface area contributed by atoms with Crippen LogP contribution in [0.5, 0.6) is 5.75 Å². The highest BCUT2D eigenvalue weighted by Crippen LogP contribution is 2.29. The number of rotatable bonds is 6. The lowest BCUT2D eigenvalue weighted by molar-refractivity contribution is 0.415. The van der Waals surface area contributed by atoms with E-state index in [1.807, 2.05) is 30.5 Å². The third-order valence-electron chi connectivity index (χ3n) is 4.24. The lowest BCUT2D eigenvalue weighted by atomic mass is 10.2. The van der Waals surface area contributed by atoms with Gasteiger partial charge in [0.05, 0.1) is 12.6 Å². The Labute approximate surface area is 176 Å². The Bertz CT molecular complexity index is 1120. The van der Waals surface area contributed by atoms with E-state index >= 15 is 0 Å². The number of hydrogen-bond acceptors (Lipinski definition) is 6. The molecule has 0 aliphatic rings. The minimum absolute atomic E-state index is 0.518. The van der Waals surface area contributed by atoms with E-state index in [9.17, 15) is 0 Å². The zero-order valence-corrected chi connectivity index (χ0v) is 17.7. The van der Waals surface area contributed by atoms with Gasteiger partial charge in [-0.15, -0.1) is 16.9 Å². The molecule has 2 aromatic heterocycles. The van der Waals surface area contributed by atoms with Crippen molar-refractivity contribution in [1.82, 2.24) is 20.2 Å². The first kappa shape index (κ1) is 19.1. The Morgan fingerprint density at radius 3 is 2.64 bits per heavy atom. The second-order valence-corrected chi connectivity index (χ2v) is 8.16. The quantitative estimate of drug-likeness (QED) is 0.314.